The van der Waals surface area contributed by atoms with Crippen molar-refractivity contribution in [1.29, 1.82) is 0 Å². The van der Waals surface area contributed by atoms with Crippen LogP contribution in [0.5, 0.6) is 5.75 Å². The molecule has 0 bridgehead atoms. The molecule has 1 aliphatic heterocycles. The molecule has 7 nitrogen and oxygen atoms in total. The lowest BCUT2D eigenvalue weighted by Crippen LogP contribution is -2.49. The number of benzene rings is 2. The van der Waals surface area contributed by atoms with E-state index in [0.717, 1.165) is 27.7 Å². The van der Waals surface area contributed by atoms with Crippen molar-refractivity contribution >= 4 is 22.6 Å². The van der Waals surface area contributed by atoms with Gasteiger partial charge in [-0.2, -0.15) is 13.2 Å². The van der Waals surface area contributed by atoms with E-state index in [1.807, 2.05) is 37.3 Å². The van der Waals surface area contributed by atoms with Crippen LogP contribution in [-0.4, -0.2) is 60.7 Å². The number of carbonyl (C=O) groups is 1. The number of anilines is 1. The van der Waals surface area contributed by atoms with Crippen molar-refractivity contribution in [2.45, 2.75) is 38.1 Å². The third-order valence-corrected chi connectivity index (χ3v) is 6.46. The van der Waals surface area contributed by atoms with Crippen LogP contribution in [0.25, 0.3) is 10.9 Å². The average molecular weight is 492 g/mol. The van der Waals surface area contributed by atoms with Crippen molar-refractivity contribution < 1.29 is 32.5 Å². The minimum absolute atomic E-state index is 0.142. The van der Waals surface area contributed by atoms with E-state index in [-0.39, 0.29) is 11.6 Å². The summed E-state index contributed by atoms with van der Waals surface area (Å²) in [7, 11) is 3.50. The number of aryl methyl sites for hydroxylation is 1. The molecule has 3 aromatic rings. The predicted octanol–water partition coefficient (Wildman–Crippen LogP) is 5.32. The second kappa shape index (κ2) is 9.79. The molecule has 0 unspecified atom stereocenters. The number of nitrogens with one attached hydrogen (secondary N) is 1. The maximum atomic E-state index is 12.8. The molecule has 1 aliphatic rings. The summed E-state index contributed by atoms with van der Waals surface area (Å²) in [6.45, 7) is 1.13. The Balaban J connectivity index is 1.70. The van der Waals surface area contributed by atoms with E-state index in [9.17, 15) is 23.1 Å². The van der Waals surface area contributed by atoms with Gasteiger partial charge in [0, 0.05) is 25.2 Å². The first-order valence-electron chi connectivity index (χ1n) is 11.3. The number of carboxylic acid groups (broad SMARTS) is 1. The van der Waals surface area contributed by atoms with Crippen molar-refractivity contribution in [3.8, 4) is 5.75 Å². The molecule has 1 fully saturated rings. The summed E-state index contributed by atoms with van der Waals surface area (Å²) in [5, 5.41) is 14.3. The van der Waals surface area contributed by atoms with E-state index < -0.39 is 24.9 Å². The van der Waals surface area contributed by atoms with Gasteiger partial charge in [-0.3, -0.25) is 0 Å². The van der Waals surface area contributed by atoms with Gasteiger partial charge in [-0.25, -0.2) is 9.80 Å². The summed E-state index contributed by atoms with van der Waals surface area (Å²) in [6, 6.07) is 10.0. The van der Waals surface area contributed by atoms with Crippen LogP contribution in [0.1, 0.15) is 40.4 Å². The molecular weight excluding hydrogens is 463 g/mol. The molecule has 0 aliphatic carbocycles. The number of fused-ring (bicyclic) bond motifs is 1. The maximum absolute atomic E-state index is 12.8. The van der Waals surface area contributed by atoms with E-state index >= 15 is 0 Å². The molecule has 2 atom stereocenters. The minimum atomic E-state index is -4.40. The van der Waals surface area contributed by atoms with E-state index in [0.29, 0.717) is 25.1 Å². The number of hydrogen-bond acceptors (Lipinski definition) is 5. The van der Waals surface area contributed by atoms with Gasteiger partial charge < -0.3 is 24.6 Å². The number of hydrazine groups is 1. The van der Waals surface area contributed by atoms with E-state index in [2.05, 4.69) is 9.99 Å². The first kappa shape index (κ1) is 24.9. The minimum Gasteiger partial charge on any atom is -0.494 e. The van der Waals surface area contributed by atoms with Crippen molar-refractivity contribution in [3.63, 3.8) is 0 Å². The number of piperidine rings is 1. The van der Waals surface area contributed by atoms with Crippen LogP contribution in [0.15, 0.2) is 42.6 Å². The molecule has 0 saturated carbocycles. The lowest BCUT2D eigenvalue weighted by molar-refractivity contribution is -0.191. The monoisotopic (exact) mass is 491 g/mol. The Morgan fingerprint density at radius 2 is 1.97 bits per heavy atom. The topological polar surface area (TPSA) is 78.0 Å². The number of alkyl halides is 3. The molecule has 10 heteroatoms. The number of aromatic carboxylic acids is 1. The van der Waals surface area contributed by atoms with E-state index in [1.54, 1.807) is 19.2 Å². The number of rotatable bonds is 7. The highest BCUT2D eigenvalue weighted by molar-refractivity contribution is 5.97. The van der Waals surface area contributed by atoms with Gasteiger partial charge >= 0.3 is 12.1 Å². The van der Waals surface area contributed by atoms with Crippen molar-refractivity contribution in [2.75, 3.05) is 32.3 Å². The predicted molar refractivity (Wildman–Crippen MR) is 126 cm³/mol. The Morgan fingerprint density at radius 3 is 2.60 bits per heavy atom. The molecule has 0 radical (unpaired) electrons. The van der Waals surface area contributed by atoms with Gasteiger partial charge in [0.2, 0.25) is 0 Å². The molecule has 2 N–H and O–H groups in total. The van der Waals surface area contributed by atoms with Crippen LogP contribution in [-0.2, 0) is 4.74 Å². The second-order valence-electron chi connectivity index (χ2n) is 8.71. The second-order valence-corrected chi connectivity index (χ2v) is 8.71. The number of H-pyrrole nitrogens is 1. The number of aromatic amines is 1. The normalized spacial score (nSPS) is 19.1. The Morgan fingerprint density at radius 1 is 1.26 bits per heavy atom. The van der Waals surface area contributed by atoms with E-state index in [4.69, 9.17) is 9.47 Å². The van der Waals surface area contributed by atoms with Crippen LogP contribution in [0.3, 0.4) is 0 Å². The van der Waals surface area contributed by atoms with Crippen molar-refractivity contribution in [1.82, 2.24) is 9.99 Å². The van der Waals surface area contributed by atoms with Crippen LogP contribution in [0.4, 0.5) is 18.9 Å². The van der Waals surface area contributed by atoms with Gasteiger partial charge in [-0.1, -0.05) is 12.1 Å². The van der Waals surface area contributed by atoms with Gasteiger partial charge in [0.25, 0.3) is 0 Å². The lowest BCUT2D eigenvalue weighted by atomic mass is 9.93. The smallest absolute Gasteiger partial charge is 0.411 e. The van der Waals surface area contributed by atoms with Crippen LogP contribution >= 0.6 is 0 Å². The molecule has 188 valence electrons. The number of aromatic nitrogens is 1. The summed E-state index contributed by atoms with van der Waals surface area (Å²) < 4.78 is 49.3. The first-order chi connectivity index (χ1) is 16.6. The zero-order chi connectivity index (χ0) is 25.3. The summed E-state index contributed by atoms with van der Waals surface area (Å²) in [5.74, 6) is -0.368. The maximum Gasteiger partial charge on any atom is 0.411 e. The summed E-state index contributed by atoms with van der Waals surface area (Å²) in [6.07, 6.45) is -2.40. The number of carboxylic acids is 1. The Kier molecular flexibility index (Phi) is 6.95. The lowest BCUT2D eigenvalue weighted by Gasteiger charge is -2.45. The van der Waals surface area contributed by atoms with E-state index in [1.165, 1.54) is 12.1 Å². The largest absolute Gasteiger partial charge is 0.494 e. The Hall–Kier alpha value is -3.24. The molecular formula is C25H28F3N3O4. The highest BCUT2D eigenvalue weighted by atomic mass is 19.4. The zero-order valence-corrected chi connectivity index (χ0v) is 19.7. The van der Waals surface area contributed by atoms with Gasteiger partial charge in [0.05, 0.1) is 30.3 Å². The molecule has 1 saturated heterocycles. The fraction of sp³-hybridized carbons (Fsp3) is 0.400. The summed E-state index contributed by atoms with van der Waals surface area (Å²) >= 11 is 0. The Bertz CT molecular complexity index is 1190. The SMILES string of the molecule is COc1cc(C)c2[nH]ccc2c1N(C)N1CC[C@H](OCC(F)(F)F)C[C@H]1c1ccc(C(=O)O)cc1. The molecule has 35 heavy (non-hydrogen) atoms. The van der Waals surface area contributed by atoms with Gasteiger partial charge in [0.1, 0.15) is 18.0 Å². The molecule has 0 amide bonds. The quantitative estimate of drug-likeness (QED) is 0.466. The number of ether oxygens (including phenoxy) is 2. The summed E-state index contributed by atoms with van der Waals surface area (Å²) in [4.78, 5) is 14.6. The standard InChI is InChI=1S/C25H28F3N3O4/c1-15-12-21(34-3)23(19-8-10-29-22(15)19)30(2)31-11-9-18(35-14-25(26,27)28)13-20(31)16-4-6-17(7-5-16)24(32)33/h4-8,10,12,18,20,29H,9,11,13-14H2,1-3H3,(H,32,33)/t18-,20-/m0/s1. The van der Waals surface area contributed by atoms with Crippen LogP contribution in [0, 0.1) is 6.92 Å². The fourth-order valence-corrected chi connectivity index (χ4v) is 4.78. The third kappa shape index (κ3) is 5.23. The van der Waals surface area contributed by atoms with Gasteiger partial charge in [-0.15, -0.1) is 0 Å². The molecule has 2 heterocycles. The Labute approximate surface area is 201 Å². The number of hydrogen-bond donors (Lipinski definition) is 2. The molecule has 4 rings (SSSR count). The third-order valence-electron chi connectivity index (χ3n) is 6.46. The van der Waals surface area contributed by atoms with Crippen LogP contribution < -0.4 is 9.75 Å². The highest BCUT2D eigenvalue weighted by Crippen LogP contribution is 2.42. The first-order valence-corrected chi connectivity index (χ1v) is 11.3. The number of nitrogens with zero attached hydrogens (tertiary/aromatic N) is 2. The number of halogens is 3. The average Bonchev–Trinajstić information content (AvgIpc) is 3.32. The van der Waals surface area contributed by atoms with Crippen molar-refractivity contribution in [3.05, 3.63) is 59.3 Å². The van der Waals surface area contributed by atoms with Gasteiger partial charge in [-0.05, 0) is 55.2 Å². The molecule has 0 spiro atoms. The molecule has 1 aromatic heterocycles. The number of methoxy groups -OCH3 is 1. The fourth-order valence-electron chi connectivity index (χ4n) is 4.78. The summed E-state index contributed by atoms with van der Waals surface area (Å²) in [5.41, 5.74) is 3.76. The zero-order valence-electron chi connectivity index (χ0n) is 19.7. The van der Waals surface area contributed by atoms with Crippen molar-refractivity contribution in [2.24, 2.45) is 0 Å². The highest BCUT2D eigenvalue weighted by Gasteiger charge is 2.36. The van der Waals surface area contributed by atoms with Crippen LogP contribution in [0.2, 0.25) is 0 Å². The molecule has 2 aromatic carbocycles. The van der Waals surface area contributed by atoms with Gasteiger partial charge in [0.15, 0.2) is 0 Å².